The fourth-order valence-electron chi connectivity index (χ4n) is 1.82. The van der Waals surface area contributed by atoms with Crippen molar-refractivity contribution in [2.75, 3.05) is 7.05 Å². The molecule has 1 saturated carbocycles. The third kappa shape index (κ3) is 3.14. The molecule has 0 bridgehead atoms. The largest absolute Gasteiger partial charge is 0.317 e. The van der Waals surface area contributed by atoms with Gasteiger partial charge in [-0.1, -0.05) is 33.1 Å². The van der Waals surface area contributed by atoms with Gasteiger partial charge in [-0.15, -0.1) is 0 Å². The minimum Gasteiger partial charge on any atom is -0.317 e. The molecule has 0 aromatic carbocycles. The van der Waals surface area contributed by atoms with E-state index in [9.17, 15) is 0 Å². The molecular weight excluding hydrogens is 146 g/mol. The van der Waals surface area contributed by atoms with E-state index in [-0.39, 0.29) is 0 Å². The number of nitrogens with one attached hydrogen (secondary N) is 1. The van der Waals surface area contributed by atoms with Gasteiger partial charge in [-0.2, -0.15) is 0 Å². The van der Waals surface area contributed by atoms with E-state index in [1.807, 2.05) is 0 Å². The molecule has 1 aliphatic carbocycles. The van der Waals surface area contributed by atoms with Crippen LogP contribution in [0, 0.1) is 11.8 Å². The smallest absolute Gasteiger partial charge is 0.00896 e. The van der Waals surface area contributed by atoms with E-state index in [1.165, 1.54) is 32.1 Å². The number of hydrogen-bond acceptors (Lipinski definition) is 1. The normalized spacial score (nSPS) is 22.2. The monoisotopic (exact) mass is 169 g/mol. The van der Waals surface area contributed by atoms with Gasteiger partial charge in [-0.25, -0.2) is 0 Å². The minimum absolute atomic E-state index is 0.760. The Morgan fingerprint density at radius 3 is 2.50 bits per heavy atom. The molecule has 1 N–H and O–H groups in total. The van der Waals surface area contributed by atoms with Crippen LogP contribution in [0.4, 0.5) is 0 Å². The van der Waals surface area contributed by atoms with Crippen molar-refractivity contribution in [3.05, 3.63) is 0 Å². The molecule has 1 rings (SSSR count). The van der Waals surface area contributed by atoms with Gasteiger partial charge in [0.15, 0.2) is 0 Å². The average Bonchev–Trinajstić information content (AvgIpc) is 2.88. The maximum absolute atomic E-state index is 3.44. The maximum atomic E-state index is 3.44. The summed E-state index contributed by atoms with van der Waals surface area (Å²) < 4.78 is 0. The van der Waals surface area contributed by atoms with Gasteiger partial charge >= 0.3 is 0 Å². The summed E-state index contributed by atoms with van der Waals surface area (Å²) in [6.45, 7) is 4.64. The highest BCUT2D eigenvalue weighted by atomic mass is 14.9. The average molecular weight is 169 g/mol. The SMILES string of the molecule is CCC(C)C(CCC1CC1)NC. The first kappa shape index (κ1) is 10.0. The van der Waals surface area contributed by atoms with Crippen molar-refractivity contribution in [1.29, 1.82) is 0 Å². The van der Waals surface area contributed by atoms with Crippen molar-refractivity contribution in [2.45, 2.75) is 52.0 Å². The molecule has 1 aliphatic rings. The summed E-state index contributed by atoms with van der Waals surface area (Å²) in [5.41, 5.74) is 0. The zero-order valence-corrected chi connectivity index (χ0v) is 8.77. The van der Waals surface area contributed by atoms with Crippen molar-refractivity contribution < 1.29 is 0 Å². The van der Waals surface area contributed by atoms with Gasteiger partial charge in [-0.3, -0.25) is 0 Å². The molecule has 0 heterocycles. The molecule has 2 atom stereocenters. The lowest BCUT2D eigenvalue weighted by molar-refractivity contribution is 0.355. The molecule has 0 aliphatic heterocycles. The molecule has 0 aromatic rings. The predicted octanol–water partition coefficient (Wildman–Crippen LogP) is 2.81. The molecule has 12 heavy (non-hydrogen) atoms. The second-order valence-electron chi connectivity index (χ2n) is 4.30. The molecule has 1 heteroatoms. The molecule has 1 nitrogen and oxygen atoms in total. The lowest BCUT2D eigenvalue weighted by Crippen LogP contribution is -2.31. The van der Waals surface area contributed by atoms with E-state index < -0.39 is 0 Å². The van der Waals surface area contributed by atoms with Gasteiger partial charge in [0, 0.05) is 6.04 Å². The zero-order valence-electron chi connectivity index (χ0n) is 8.77. The van der Waals surface area contributed by atoms with Crippen LogP contribution in [0.3, 0.4) is 0 Å². The lowest BCUT2D eigenvalue weighted by atomic mass is 9.94. The highest BCUT2D eigenvalue weighted by Gasteiger charge is 2.23. The Hall–Kier alpha value is -0.0400. The van der Waals surface area contributed by atoms with Gasteiger partial charge < -0.3 is 5.32 Å². The fraction of sp³-hybridized carbons (Fsp3) is 1.00. The first-order valence-electron chi connectivity index (χ1n) is 5.45. The summed E-state index contributed by atoms with van der Waals surface area (Å²) >= 11 is 0. The summed E-state index contributed by atoms with van der Waals surface area (Å²) in [7, 11) is 2.10. The molecule has 0 radical (unpaired) electrons. The molecule has 2 unspecified atom stereocenters. The van der Waals surface area contributed by atoms with Crippen LogP contribution in [0.15, 0.2) is 0 Å². The minimum atomic E-state index is 0.760. The molecule has 0 saturated heterocycles. The third-order valence-corrected chi connectivity index (χ3v) is 3.28. The first-order chi connectivity index (χ1) is 5.77. The first-order valence-corrected chi connectivity index (χ1v) is 5.45. The van der Waals surface area contributed by atoms with Crippen LogP contribution >= 0.6 is 0 Å². The second-order valence-corrected chi connectivity index (χ2v) is 4.30. The number of rotatable bonds is 6. The van der Waals surface area contributed by atoms with E-state index in [4.69, 9.17) is 0 Å². The molecule has 0 aromatic heterocycles. The van der Waals surface area contributed by atoms with Gasteiger partial charge in [0.05, 0.1) is 0 Å². The van der Waals surface area contributed by atoms with Crippen LogP contribution in [-0.2, 0) is 0 Å². The Balaban J connectivity index is 2.13. The Morgan fingerprint density at radius 1 is 1.42 bits per heavy atom. The summed E-state index contributed by atoms with van der Waals surface area (Å²) in [5.74, 6) is 1.93. The molecule has 72 valence electrons. The zero-order chi connectivity index (χ0) is 8.97. The predicted molar refractivity (Wildman–Crippen MR) is 54.3 cm³/mol. The third-order valence-electron chi connectivity index (χ3n) is 3.28. The highest BCUT2D eigenvalue weighted by Crippen LogP contribution is 2.34. The Labute approximate surface area is 76.9 Å². The van der Waals surface area contributed by atoms with Crippen molar-refractivity contribution in [1.82, 2.24) is 5.32 Å². The van der Waals surface area contributed by atoms with Gasteiger partial charge in [-0.05, 0) is 31.7 Å². The van der Waals surface area contributed by atoms with Crippen LogP contribution in [0.25, 0.3) is 0 Å². The van der Waals surface area contributed by atoms with Gasteiger partial charge in [0.25, 0.3) is 0 Å². The fourth-order valence-corrected chi connectivity index (χ4v) is 1.82. The van der Waals surface area contributed by atoms with Crippen molar-refractivity contribution in [3.63, 3.8) is 0 Å². The molecule has 0 spiro atoms. The van der Waals surface area contributed by atoms with Gasteiger partial charge in [0.1, 0.15) is 0 Å². The van der Waals surface area contributed by atoms with Crippen LogP contribution in [0.2, 0.25) is 0 Å². The van der Waals surface area contributed by atoms with E-state index >= 15 is 0 Å². The Kier molecular flexibility index (Phi) is 4.07. The lowest BCUT2D eigenvalue weighted by Gasteiger charge is -2.22. The van der Waals surface area contributed by atoms with Crippen LogP contribution < -0.4 is 5.32 Å². The van der Waals surface area contributed by atoms with Crippen molar-refractivity contribution in [3.8, 4) is 0 Å². The summed E-state index contributed by atoms with van der Waals surface area (Å²) in [6.07, 6.45) is 7.13. The van der Waals surface area contributed by atoms with Crippen molar-refractivity contribution in [2.24, 2.45) is 11.8 Å². The Bertz CT molecular complexity index is 118. The standard InChI is InChI=1S/C11H23N/c1-4-9(2)11(12-3)8-7-10-5-6-10/h9-12H,4-8H2,1-3H3. The van der Waals surface area contributed by atoms with E-state index in [2.05, 4.69) is 26.2 Å². The quantitative estimate of drug-likeness (QED) is 0.644. The summed E-state index contributed by atoms with van der Waals surface area (Å²) in [5, 5.41) is 3.44. The molecule has 0 amide bonds. The van der Waals surface area contributed by atoms with Crippen molar-refractivity contribution >= 4 is 0 Å². The topological polar surface area (TPSA) is 12.0 Å². The molecular formula is C11H23N. The number of hydrogen-bond donors (Lipinski definition) is 1. The van der Waals surface area contributed by atoms with Crippen LogP contribution in [0.1, 0.15) is 46.0 Å². The van der Waals surface area contributed by atoms with E-state index in [0.717, 1.165) is 17.9 Å². The summed E-state index contributed by atoms with van der Waals surface area (Å²) in [4.78, 5) is 0. The molecule has 1 fully saturated rings. The summed E-state index contributed by atoms with van der Waals surface area (Å²) in [6, 6.07) is 0.760. The van der Waals surface area contributed by atoms with Gasteiger partial charge in [0.2, 0.25) is 0 Å². The van der Waals surface area contributed by atoms with Crippen LogP contribution in [0.5, 0.6) is 0 Å². The van der Waals surface area contributed by atoms with E-state index in [0.29, 0.717) is 0 Å². The second kappa shape index (κ2) is 4.86. The van der Waals surface area contributed by atoms with Crippen LogP contribution in [-0.4, -0.2) is 13.1 Å². The van der Waals surface area contributed by atoms with E-state index in [1.54, 1.807) is 0 Å². The Morgan fingerprint density at radius 2 is 2.08 bits per heavy atom. The highest BCUT2D eigenvalue weighted by molar-refractivity contribution is 4.78. The maximum Gasteiger partial charge on any atom is 0.00896 e.